The van der Waals surface area contributed by atoms with Gasteiger partial charge in [-0.1, -0.05) is 41.9 Å². The highest BCUT2D eigenvalue weighted by Crippen LogP contribution is 2.25. The van der Waals surface area contributed by atoms with Crippen LogP contribution in [-0.2, 0) is 4.79 Å². The van der Waals surface area contributed by atoms with Crippen LogP contribution in [-0.4, -0.2) is 11.1 Å². The van der Waals surface area contributed by atoms with Crippen molar-refractivity contribution in [2.75, 3.05) is 0 Å². The highest BCUT2D eigenvalue weighted by molar-refractivity contribution is 6.30. The number of aliphatic hydroxyl groups is 1. The third-order valence-electron chi connectivity index (χ3n) is 3.02. The number of hydrogen-bond acceptors (Lipinski definition) is 3. The van der Waals surface area contributed by atoms with Crippen LogP contribution in [0.3, 0.4) is 0 Å². The first-order chi connectivity index (χ1) is 9.58. The van der Waals surface area contributed by atoms with Gasteiger partial charge in [0.25, 0.3) is 0 Å². The molecule has 0 aliphatic rings. The van der Waals surface area contributed by atoms with E-state index >= 15 is 0 Å². The topological polar surface area (TPSA) is 46.5 Å². The fraction of sp³-hybridized carbons (Fsp3) is 0.188. The number of para-hydroxylation sites is 1. The Morgan fingerprint density at radius 2 is 1.70 bits per heavy atom. The zero-order valence-electron chi connectivity index (χ0n) is 11.0. The first kappa shape index (κ1) is 14.6. The molecule has 2 atom stereocenters. The summed E-state index contributed by atoms with van der Waals surface area (Å²) in [4.78, 5) is 12.0. The number of ether oxygens (including phenoxy) is 1. The van der Waals surface area contributed by atoms with Crippen LogP contribution in [0.15, 0.2) is 54.6 Å². The summed E-state index contributed by atoms with van der Waals surface area (Å²) < 4.78 is 5.22. The zero-order valence-corrected chi connectivity index (χ0v) is 11.7. The SMILES string of the molecule is C[C@@H](C(=O)Oc1ccccc1)[C@@H](O)c1ccc(Cl)cc1. The van der Waals surface area contributed by atoms with Crippen molar-refractivity contribution in [2.24, 2.45) is 5.92 Å². The van der Waals surface area contributed by atoms with Crippen LogP contribution < -0.4 is 4.74 Å². The minimum absolute atomic E-state index is 0.465. The summed E-state index contributed by atoms with van der Waals surface area (Å²) >= 11 is 5.79. The Hall–Kier alpha value is -1.84. The van der Waals surface area contributed by atoms with Gasteiger partial charge < -0.3 is 9.84 Å². The molecule has 0 aliphatic carbocycles. The molecule has 0 saturated heterocycles. The number of benzene rings is 2. The van der Waals surface area contributed by atoms with Crippen LogP contribution in [0, 0.1) is 5.92 Å². The molecule has 2 aromatic rings. The molecule has 0 amide bonds. The van der Waals surface area contributed by atoms with Gasteiger partial charge in [-0.2, -0.15) is 0 Å². The van der Waals surface area contributed by atoms with Gasteiger partial charge >= 0.3 is 5.97 Å². The lowest BCUT2D eigenvalue weighted by molar-refractivity contribution is -0.142. The predicted octanol–water partition coefficient (Wildman–Crippen LogP) is 3.62. The number of halogens is 1. The fourth-order valence-electron chi connectivity index (χ4n) is 1.78. The molecule has 0 unspecified atom stereocenters. The average Bonchev–Trinajstić information content (AvgIpc) is 2.47. The van der Waals surface area contributed by atoms with Crippen LogP contribution in [0.25, 0.3) is 0 Å². The molecule has 0 heterocycles. The van der Waals surface area contributed by atoms with Crippen molar-refractivity contribution in [2.45, 2.75) is 13.0 Å². The average molecular weight is 291 g/mol. The zero-order chi connectivity index (χ0) is 14.5. The Labute approximate surface area is 122 Å². The summed E-state index contributed by atoms with van der Waals surface area (Å²) in [5, 5.41) is 10.8. The van der Waals surface area contributed by atoms with Crippen molar-refractivity contribution in [1.82, 2.24) is 0 Å². The normalized spacial score (nSPS) is 13.6. The van der Waals surface area contributed by atoms with Crippen LogP contribution in [0.5, 0.6) is 5.75 Å². The first-order valence-electron chi connectivity index (χ1n) is 6.28. The van der Waals surface area contributed by atoms with Gasteiger partial charge in [0.15, 0.2) is 0 Å². The van der Waals surface area contributed by atoms with Crippen LogP contribution in [0.1, 0.15) is 18.6 Å². The van der Waals surface area contributed by atoms with Gasteiger partial charge in [0.2, 0.25) is 0 Å². The van der Waals surface area contributed by atoms with E-state index in [2.05, 4.69) is 0 Å². The Balaban J connectivity index is 2.04. The maximum Gasteiger partial charge on any atom is 0.317 e. The Bertz CT molecular complexity index is 566. The summed E-state index contributed by atoms with van der Waals surface area (Å²) in [5.41, 5.74) is 0.631. The molecule has 0 fully saturated rings. The second kappa shape index (κ2) is 6.55. The largest absolute Gasteiger partial charge is 0.426 e. The summed E-state index contributed by atoms with van der Waals surface area (Å²) in [7, 11) is 0. The van der Waals surface area contributed by atoms with Gasteiger partial charge in [-0.3, -0.25) is 4.79 Å². The van der Waals surface area contributed by atoms with Crippen molar-refractivity contribution >= 4 is 17.6 Å². The molecule has 0 aliphatic heterocycles. The van der Waals surface area contributed by atoms with E-state index in [9.17, 15) is 9.90 Å². The molecule has 3 nitrogen and oxygen atoms in total. The molecule has 4 heteroatoms. The smallest absolute Gasteiger partial charge is 0.317 e. The molecule has 0 aromatic heterocycles. The van der Waals surface area contributed by atoms with Crippen molar-refractivity contribution in [3.05, 3.63) is 65.2 Å². The molecule has 0 radical (unpaired) electrons. The van der Waals surface area contributed by atoms with Crippen LogP contribution in [0.4, 0.5) is 0 Å². The molecule has 1 N–H and O–H groups in total. The Kier molecular flexibility index (Phi) is 4.77. The molecule has 104 valence electrons. The Morgan fingerprint density at radius 1 is 1.10 bits per heavy atom. The van der Waals surface area contributed by atoms with E-state index in [1.54, 1.807) is 55.5 Å². The summed E-state index contributed by atoms with van der Waals surface area (Å²) in [6.07, 6.45) is -0.927. The predicted molar refractivity (Wildman–Crippen MR) is 77.7 cm³/mol. The number of esters is 1. The molecule has 0 spiro atoms. The second-order valence-electron chi connectivity index (χ2n) is 4.52. The van der Waals surface area contributed by atoms with E-state index in [0.717, 1.165) is 0 Å². The monoisotopic (exact) mass is 290 g/mol. The lowest BCUT2D eigenvalue weighted by atomic mass is 9.98. The van der Waals surface area contributed by atoms with Gasteiger partial charge in [-0.25, -0.2) is 0 Å². The number of rotatable bonds is 4. The molecule has 2 rings (SSSR count). The van der Waals surface area contributed by atoms with Gasteiger partial charge in [0.1, 0.15) is 5.75 Å². The fourth-order valence-corrected chi connectivity index (χ4v) is 1.90. The lowest BCUT2D eigenvalue weighted by Crippen LogP contribution is -2.24. The third kappa shape index (κ3) is 3.59. The summed E-state index contributed by atoms with van der Waals surface area (Å²) in [5.74, 6) is -0.678. The standard InChI is InChI=1S/C16H15ClO3/c1-11(15(18)12-7-9-13(17)10-8-12)16(19)20-14-5-3-2-4-6-14/h2-11,15,18H,1H3/t11-,15-/m1/s1. The van der Waals surface area contributed by atoms with Crippen molar-refractivity contribution in [3.8, 4) is 5.75 Å². The van der Waals surface area contributed by atoms with E-state index in [4.69, 9.17) is 16.3 Å². The van der Waals surface area contributed by atoms with E-state index in [-0.39, 0.29) is 0 Å². The maximum absolute atomic E-state index is 12.0. The first-order valence-corrected chi connectivity index (χ1v) is 6.66. The number of aliphatic hydroxyl groups excluding tert-OH is 1. The molecular formula is C16H15ClO3. The molecule has 20 heavy (non-hydrogen) atoms. The van der Waals surface area contributed by atoms with Crippen molar-refractivity contribution in [3.63, 3.8) is 0 Å². The summed E-state index contributed by atoms with van der Waals surface area (Å²) in [6, 6.07) is 15.5. The van der Waals surface area contributed by atoms with E-state index in [1.165, 1.54) is 0 Å². The quantitative estimate of drug-likeness (QED) is 0.691. The van der Waals surface area contributed by atoms with Crippen molar-refractivity contribution in [1.29, 1.82) is 0 Å². The highest BCUT2D eigenvalue weighted by Gasteiger charge is 2.25. The van der Waals surface area contributed by atoms with Crippen LogP contribution >= 0.6 is 11.6 Å². The molecule has 2 aromatic carbocycles. The van der Waals surface area contributed by atoms with E-state index in [1.807, 2.05) is 6.07 Å². The van der Waals surface area contributed by atoms with Gasteiger partial charge in [-0.05, 0) is 36.8 Å². The molecule has 0 saturated carbocycles. The van der Waals surface area contributed by atoms with E-state index in [0.29, 0.717) is 16.3 Å². The van der Waals surface area contributed by atoms with Crippen LogP contribution in [0.2, 0.25) is 5.02 Å². The molecule has 0 bridgehead atoms. The third-order valence-corrected chi connectivity index (χ3v) is 3.27. The maximum atomic E-state index is 12.0. The molecular weight excluding hydrogens is 276 g/mol. The highest BCUT2D eigenvalue weighted by atomic mass is 35.5. The van der Waals surface area contributed by atoms with Gasteiger partial charge in [0.05, 0.1) is 12.0 Å². The van der Waals surface area contributed by atoms with Crippen molar-refractivity contribution < 1.29 is 14.6 Å². The van der Waals surface area contributed by atoms with Gasteiger partial charge in [-0.15, -0.1) is 0 Å². The van der Waals surface area contributed by atoms with E-state index < -0.39 is 18.0 Å². The minimum Gasteiger partial charge on any atom is -0.426 e. The number of carbonyl (C=O) groups excluding carboxylic acids is 1. The minimum atomic E-state index is -0.927. The lowest BCUT2D eigenvalue weighted by Gasteiger charge is -2.18. The van der Waals surface area contributed by atoms with Gasteiger partial charge in [0, 0.05) is 5.02 Å². The Morgan fingerprint density at radius 3 is 2.30 bits per heavy atom. The number of carbonyl (C=O) groups is 1. The second-order valence-corrected chi connectivity index (χ2v) is 4.96. The number of hydrogen-bond donors (Lipinski definition) is 1. The summed E-state index contributed by atoms with van der Waals surface area (Å²) in [6.45, 7) is 1.63.